The largest absolute Gasteiger partial charge is 2.00 e. The van der Waals surface area contributed by atoms with Gasteiger partial charge in [-0.05, 0) is 0 Å². The molecule has 0 unspecified atom stereocenters. The van der Waals surface area contributed by atoms with Crippen LogP contribution < -0.4 is 46.7 Å². The van der Waals surface area contributed by atoms with Gasteiger partial charge < -0.3 is 17.1 Å². The molecular formula is ClFNaSr+. The van der Waals surface area contributed by atoms with Crippen LogP contribution in [0.1, 0.15) is 0 Å². The SMILES string of the molecule is [Cl-].[F-].[Na+].[Sr+2]. The smallest absolute Gasteiger partial charge is 1.00 e. The molecule has 0 saturated carbocycles. The van der Waals surface area contributed by atoms with Crippen LogP contribution in [-0.2, 0) is 0 Å². The molecule has 0 rings (SSSR count). The number of rotatable bonds is 0. The molecule has 0 heterocycles. The molecule has 0 amide bonds. The fraction of sp³-hybridized carbons (Fsp3) is 0. The Balaban J connectivity index is 0. The molecule has 16 valence electrons. The van der Waals surface area contributed by atoms with E-state index in [1.54, 1.807) is 0 Å². The van der Waals surface area contributed by atoms with Gasteiger partial charge >= 0.3 is 75.0 Å². The van der Waals surface area contributed by atoms with E-state index in [9.17, 15) is 0 Å². The van der Waals surface area contributed by atoms with Crippen LogP contribution in [0, 0.1) is 0 Å². The molecule has 0 aliphatic heterocycles. The van der Waals surface area contributed by atoms with Crippen LogP contribution >= 0.6 is 0 Å². The molecule has 4 heteroatoms. The monoisotopic (exact) mass is 165 g/mol. The fourth-order valence-electron chi connectivity index (χ4n) is 0. The Bertz CT molecular complexity index is 8.00. The second-order valence-corrected chi connectivity index (χ2v) is 0. The van der Waals surface area contributed by atoms with Crippen LogP contribution in [0.5, 0.6) is 0 Å². The maximum atomic E-state index is 0. The van der Waals surface area contributed by atoms with Crippen LogP contribution in [-0.4, -0.2) is 45.5 Å². The molecule has 0 atom stereocenters. The zero-order valence-corrected chi connectivity index (χ0v) is 8.70. The molecule has 0 N–H and O–H groups in total. The van der Waals surface area contributed by atoms with Gasteiger partial charge in [-0.2, -0.15) is 0 Å². The third kappa shape index (κ3) is 8.83. The average molecular weight is 165 g/mol. The molecular weight excluding hydrogens is 165 g/mol. The molecule has 0 nitrogen and oxygen atoms in total. The molecule has 0 aromatic carbocycles. The summed E-state index contributed by atoms with van der Waals surface area (Å²) in [7, 11) is 0. The second kappa shape index (κ2) is 17.3. The van der Waals surface area contributed by atoms with Crippen molar-refractivity contribution in [3.05, 3.63) is 0 Å². The summed E-state index contributed by atoms with van der Waals surface area (Å²) in [5.41, 5.74) is 0. The summed E-state index contributed by atoms with van der Waals surface area (Å²) in [4.78, 5) is 0. The van der Waals surface area contributed by atoms with Crippen LogP contribution in [0.2, 0.25) is 0 Å². The van der Waals surface area contributed by atoms with Crippen molar-refractivity contribution in [1.29, 1.82) is 0 Å². The number of hydrogen-bond donors (Lipinski definition) is 0. The first-order chi connectivity index (χ1) is 0. The van der Waals surface area contributed by atoms with Gasteiger partial charge in [0.05, 0.1) is 0 Å². The summed E-state index contributed by atoms with van der Waals surface area (Å²) < 4.78 is 0. The Hall–Kier alpha value is 2.70. The Morgan fingerprint density at radius 2 is 1.00 bits per heavy atom. The van der Waals surface area contributed by atoms with Gasteiger partial charge in [-0.15, -0.1) is 0 Å². The molecule has 0 aliphatic rings. The van der Waals surface area contributed by atoms with E-state index >= 15 is 0 Å². The van der Waals surface area contributed by atoms with Gasteiger partial charge in [0.25, 0.3) is 0 Å². The summed E-state index contributed by atoms with van der Waals surface area (Å²) >= 11 is 0. The Kier molecular flexibility index (Phi) is 129. The molecule has 0 aromatic heterocycles. The van der Waals surface area contributed by atoms with E-state index < -0.39 is 0 Å². The van der Waals surface area contributed by atoms with E-state index in [-0.39, 0.29) is 92.2 Å². The topological polar surface area (TPSA) is 0 Å². The van der Waals surface area contributed by atoms with Gasteiger partial charge in [0, 0.05) is 0 Å². The molecule has 0 spiro atoms. The third-order valence-electron chi connectivity index (χ3n) is 0. The van der Waals surface area contributed by atoms with Crippen molar-refractivity contribution in [2.24, 2.45) is 0 Å². The molecule has 0 saturated heterocycles. The molecule has 0 bridgehead atoms. The Morgan fingerprint density at radius 1 is 1.00 bits per heavy atom. The van der Waals surface area contributed by atoms with E-state index in [1.165, 1.54) is 0 Å². The van der Waals surface area contributed by atoms with Crippen molar-refractivity contribution in [1.82, 2.24) is 0 Å². The third-order valence-corrected chi connectivity index (χ3v) is 0. The predicted octanol–water partition coefficient (Wildman–Crippen LogP) is -9.37. The zero-order chi connectivity index (χ0) is 0. The summed E-state index contributed by atoms with van der Waals surface area (Å²) in [5.74, 6) is 0. The predicted molar refractivity (Wildman–Crippen MR) is 5.75 cm³/mol. The van der Waals surface area contributed by atoms with Gasteiger partial charge in [-0.25, -0.2) is 0 Å². The Labute approximate surface area is 90.1 Å². The van der Waals surface area contributed by atoms with Gasteiger partial charge in [0.1, 0.15) is 0 Å². The van der Waals surface area contributed by atoms with Crippen molar-refractivity contribution in [2.45, 2.75) is 0 Å². The normalized spacial score (nSPS) is 0. The van der Waals surface area contributed by atoms with Crippen molar-refractivity contribution in [3.8, 4) is 0 Å². The Morgan fingerprint density at radius 3 is 1.00 bits per heavy atom. The van der Waals surface area contributed by atoms with Crippen molar-refractivity contribution < 1.29 is 46.7 Å². The van der Waals surface area contributed by atoms with Crippen LogP contribution in [0.25, 0.3) is 0 Å². The van der Waals surface area contributed by atoms with Crippen LogP contribution in [0.15, 0.2) is 0 Å². The maximum absolute atomic E-state index is 0. The summed E-state index contributed by atoms with van der Waals surface area (Å²) in [6, 6.07) is 0. The van der Waals surface area contributed by atoms with Gasteiger partial charge in [-0.3, -0.25) is 0 Å². The van der Waals surface area contributed by atoms with Gasteiger partial charge in [-0.1, -0.05) is 0 Å². The van der Waals surface area contributed by atoms with Crippen molar-refractivity contribution in [3.63, 3.8) is 0 Å². The summed E-state index contributed by atoms with van der Waals surface area (Å²) in [6.45, 7) is 0. The zero-order valence-electron chi connectivity index (χ0n) is 2.46. The van der Waals surface area contributed by atoms with E-state index in [4.69, 9.17) is 0 Å². The first kappa shape index (κ1) is 29.9. The van der Waals surface area contributed by atoms with Gasteiger partial charge in [0.15, 0.2) is 0 Å². The number of halogens is 2. The standard InChI is InChI=1S/ClH.FH.Na.Sr/h2*1H;;/q;;+1;+2/p-2. The first-order valence-electron chi connectivity index (χ1n) is 0. The molecule has 0 fully saturated rings. The van der Waals surface area contributed by atoms with Crippen LogP contribution in [0.3, 0.4) is 0 Å². The fourth-order valence-corrected chi connectivity index (χ4v) is 0. The minimum Gasteiger partial charge on any atom is -1.00 e. The van der Waals surface area contributed by atoms with E-state index in [0.29, 0.717) is 0 Å². The molecule has 0 aliphatic carbocycles. The maximum Gasteiger partial charge on any atom is 2.00 e. The van der Waals surface area contributed by atoms with E-state index in [1.807, 2.05) is 0 Å². The first-order valence-corrected chi connectivity index (χ1v) is 0. The van der Waals surface area contributed by atoms with Crippen molar-refractivity contribution in [2.75, 3.05) is 0 Å². The minimum absolute atomic E-state index is 0. The molecule has 0 aromatic rings. The number of hydrogen-bond acceptors (Lipinski definition) is 0. The quantitative estimate of drug-likeness (QED) is 0.313. The van der Waals surface area contributed by atoms with Crippen LogP contribution in [0.4, 0.5) is 0 Å². The van der Waals surface area contributed by atoms with Crippen molar-refractivity contribution >= 4 is 45.5 Å². The second-order valence-electron chi connectivity index (χ2n) is 0. The van der Waals surface area contributed by atoms with E-state index in [0.717, 1.165) is 0 Å². The molecule has 0 radical (unpaired) electrons. The minimum atomic E-state index is 0. The molecule has 4 heavy (non-hydrogen) atoms. The van der Waals surface area contributed by atoms with Gasteiger partial charge in [0.2, 0.25) is 0 Å². The average Bonchev–Trinajstić information content (AvgIpc) is 0. The summed E-state index contributed by atoms with van der Waals surface area (Å²) in [5, 5.41) is 0. The summed E-state index contributed by atoms with van der Waals surface area (Å²) in [6.07, 6.45) is 0. The van der Waals surface area contributed by atoms with E-state index in [2.05, 4.69) is 0 Å².